The van der Waals surface area contributed by atoms with Crippen LogP contribution in [0, 0.1) is 0 Å². The zero-order valence-electron chi connectivity index (χ0n) is 13.2. The number of rotatable bonds is 11. The Kier molecular flexibility index (Phi) is 8.19. The molecule has 0 atom stereocenters. The number of ether oxygens (including phenoxy) is 3. The summed E-state index contributed by atoms with van der Waals surface area (Å²) in [4.78, 5) is 12.1. The van der Waals surface area contributed by atoms with Crippen molar-refractivity contribution >= 4 is 17.5 Å². The van der Waals surface area contributed by atoms with Gasteiger partial charge in [0, 0.05) is 13.1 Å². The Morgan fingerprint density at radius 2 is 1.71 bits per heavy atom. The minimum absolute atomic E-state index is 0.0505. The molecule has 0 aliphatic heterocycles. The molecule has 0 fully saturated rings. The van der Waals surface area contributed by atoms with Crippen LogP contribution in [0.5, 0.6) is 11.8 Å². The van der Waals surface area contributed by atoms with Gasteiger partial charge in [-0.2, -0.15) is 15.0 Å². The van der Waals surface area contributed by atoms with Gasteiger partial charge in [0.05, 0.1) is 26.4 Å². The van der Waals surface area contributed by atoms with Crippen molar-refractivity contribution in [2.45, 2.75) is 0 Å². The highest BCUT2D eigenvalue weighted by molar-refractivity contribution is 6.28. The summed E-state index contributed by atoms with van der Waals surface area (Å²) in [5.41, 5.74) is 5.31. The fourth-order valence-electron chi connectivity index (χ4n) is 1.69. The summed E-state index contributed by atoms with van der Waals surface area (Å²) in [6, 6.07) is 9.32. The van der Waals surface area contributed by atoms with Gasteiger partial charge in [-0.05, 0) is 23.7 Å². The largest absolute Gasteiger partial charge is 0.424 e. The second-order valence-corrected chi connectivity index (χ2v) is 4.90. The molecule has 0 aliphatic rings. The van der Waals surface area contributed by atoms with Crippen LogP contribution in [0.1, 0.15) is 0 Å². The van der Waals surface area contributed by atoms with Gasteiger partial charge in [-0.3, -0.25) is 0 Å². The third-order valence-corrected chi connectivity index (χ3v) is 2.87. The van der Waals surface area contributed by atoms with E-state index in [9.17, 15) is 0 Å². The van der Waals surface area contributed by atoms with Gasteiger partial charge < -0.3 is 25.3 Å². The number of benzene rings is 1. The minimum atomic E-state index is 0.0505. The first-order valence-electron chi connectivity index (χ1n) is 7.52. The van der Waals surface area contributed by atoms with Crippen molar-refractivity contribution in [3.8, 4) is 11.8 Å². The van der Waals surface area contributed by atoms with Gasteiger partial charge in [-0.25, -0.2) is 0 Å². The zero-order chi connectivity index (χ0) is 17.0. The highest BCUT2D eigenvalue weighted by Crippen LogP contribution is 2.19. The van der Waals surface area contributed by atoms with Gasteiger partial charge in [-0.1, -0.05) is 18.2 Å². The Bertz CT molecular complexity index is 603. The van der Waals surface area contributed by atoms with Crippen LogP contribution in [0.15, 0.2) is 30.3 Å². The molecule has 0 amide bonds. The lowest BCUT2D eigenvalue weighted by Gasteiger charge is -2.08. The van der Waals surface area contributed by atoms with E-state index in [1.165, 1.54) is 0 Å². The van der Waals surface area contributed by atoms with Crippen LogP contribution in [0.4, 0.5) is 5.95 Å². The van der Waals surface area contributed by atoms with Crippen LogP contribution in [0.3, 0.4) is 0 Å². The quantitative estimate of drug-likeness (QED) is 0.588. The molecular weight excluding hydrogens is 334 g/mol. The van der Waals surface area contributed by atoms with Crippen LogP contribution in [0.25, 0.3) is 0 Å². The smallest absolute Gasteiger partial charge is 0.328 e. The standard InChI is InChI=1S/C15H20ClN5O3/c16-13-19-14(18-7-9-23-11-10-22-8-6-17)21-15(20-13)24-12-4-2-1-3-5-12/h1-5H,6-11,17H2,(H,18,19,20,21). The molecule has 0 radical (unpaired) electrons. The minimum Gasteiger partial charge on any atom is -0.424 e. The Hall–Kier alpha value is -2.00. The summed E-state index contributed by atoms with van der Waals surface area (Å²) in [6.07, 6.45) is 0. The van der Waals surface area contributed by atoms with Gasteiger partial charge in [0.15, 0.2) is 0 Å². The number of hydrogen-bond donors (Lipinski definition) is 2. The van der Waals surface area contributed by atoms with Crippen molar-refractivity contribution < 1.29 is 14.2 Å². The molecule has 2 rings (SSSR count). The van der Waals surface area contributed by atoms with Crippen LogP contribution in [0.2, 0.25) is 5.28 Å². The Balaban J connectivity index is 1.75. The first kappa shape index (κ1) is 18.3. The highest BCUT2D eigenvalue weighted by atomic mass is 35.5. The maximum Gasteiger partial charge on any atom is 0.328 e. The van der Waals surface area contributed by atoms with E-state index in [4.69, 9.17) is 31.5 Å². The molecule has 9 heteroatoms. The predicted molar refractivity (Wildman–Crippen MR) is 90.5 cm³/mol. The number of halogens is 1. The normalized spacial score (nSPS) is 10.6. The monoisotopic (exact) mass is 353 g/mol. The molecule has 0 saturated carbocycles. The van der Waals surface area contributed by atoms with Crippen molar-refractivity contribution in [1.29, 1.82) is 0 Å². The van der Waals surface area contributed by atoms with Crippen LogP contribution >= 0.6 is 11.6 Å². The van der Waals surface area contributed by atoms with E-state index in [2.05, 4.69) is 20.3 Å². The molecule has 0 aliphatic carbocycles. The lowest BCUT2D eigenvalue weighted by molar-refractivity contribution is 0.0547. The number of nitrogens with two attached hydrogens (primary N) is 1. The van der Waals surface area contributed by atoms with E-state index in [1.54, 1.807) is 12.1 Å². The number of anilines is 1. The van der Waals surface area contributed by atoms with E-state index in [0.717, 1.165) is 0 Å². The molecule has 8 nitrogen and oxygen atoms in total. The second-order valence-electron chi connectivity index (χ2n) is 4.57. The molecule has 0 saturated heterocycles. The van der Waals surface area contributed by atoms with E-state index in [0.29, 0.717) is 51.2 Å². The van der Waals surface area contributed by atoms with Crippen molar-refractivity contribution in [2.75, 3.05) is 44.8 Å². The molecule has 2 aromatic rings. The fraction of sp³-hybridized carbons (Fsp3) is 0.400. The number of hydrogen-bond acceptors (Lipinski definition) is 8. The molecule has 1 heterocycles. The number of aromatic nitrogens is 3. The molecule has 24 heavy (non-hydrogen) atoms. The lowest BCUT2D eigenvalue weighted by Crippen LogP contribution is -2.16. The summed E-state index contributed by atoms with van der Waals surface area (Å²) in [7, 11) is 0. The van der Waals surface area contributed by atoms with E-state index >= 15 is 0 Å². The first-order chi connectivity index (χ1) is 11.8. The maximum absolute atomic E-state index is 5.89. The SMILES string of the molecule is NCCOCCOCCNc1nc(Cl)nc(Oc2ccccc2)n1. The molecule has 1 aromatic heterocycles. The Labute approximate surface area is 145 Å². The van der Waals surface area contributed by atoms with Gasteiger partial charge in [-0.15, -0.1) is 0 Å². The first-order valence-corrected chi connectivity index (χ1v) is 7.89. The molecule has 0 bridgehead atoms. The summed E-state index contributed by atoms with van der Waals surface area (Å²) in [5, 5.41) is 3.05. The molecule has 130 valence electrons. The van der Waals surface area contributed by atoms with Gasteiger partial charge in [0.2, 0.25) is 11.2 Å². The average molecular weight is 354 g/mol. The second kappa shape index (κ2) is 10.7. The average Bonchev–Trinajstić information content (AvgIpc) is 2.58. The van der Waals surface area contributed by atoms with E-state index in [1.807, 2.05) is 18.2 Å². The number of para-hydroxylation sites is 1. The van der Waals surface area contributed by atoms with E-state index < -0.39 is 0 Å². The summed E-state index contributed by atoms with van der Waals surface area (Å²) >= 11 is 5.89. The molecule has 0 unspecified atom stereocenters. The van der Waals surface area contributed by atoms with Crippen LogP contribution < -0.4 is 15.8 Å². The Morgan fingerprint density at radius 1 is 0.958 bits per heavy atom. The van der Waals surface area contributed by atoms with Gasteiger partial charge in [0.1, 0.15) is 5.75 Å². The molecule has 0 spiro atoms. The zero-order valence-corrected chi connectivity index (χ0v) is 13.9. The maximum atomic E-state index is 5.89. The van der Waals surface area contributed by atoms with E-state index in [-0.39, 0.29) is 11.3 Å². The lowest BCUT2D eigenvalue weighted by atomic mass is 10.3. The fourth-order valence-corrected chi connectivity index (χ4v) is 1.84. The van der Waals surface area contributed by atoms with Crippen molar-refractivity contribution in [3.63, 3.8) is 0 Å². The predicted octanol–water partition coefficient (Wildman–Crippen LogP) is 1.72. The number of nitrogens with zero attached hydrogens (tertiary/aromatic N) is 3. The van der Waals surface area contributed by atoms with Gasteiger partial charge in [0.25, 0.3) is 0 Å². The van der Waals surface area contributed by atoms with Crippen LogP contribution in [-0.4, -0.2) is 54.5 Å². The Morgan fingerprint density at radius 3 is 2.46 bits per heavy atom. The van der Waals surface area contributed by atoms with Crippen molar-refractivity contribution in [2.24, 2.45) is 5.73 Å². The number of nitrogens with one attached hydrogen (secondary N) is 1. The topological polar surface area (TPSA) is 104 Å². The molecular formula is C15H20ClN5O3. The highest BCUT2D eigenvalue weighted by Gasteiger charge is 2.07. The summed E-state index contributed by atoms with van der Waals surface area (Å²) < 4.78 is 16.1. The summed E-state index contributed by atoms with van der Waals surface area (Å²) in [6.45, 7) is 3.06. The van der Waals surface area contributed by atoms with Crippen molar-refractivity contribution in [1.82, 2.24) is 15.0 Å². The third kappa shape index (κ3) is 7.05. The van der Waals surface area contributed by atoms with Crippen molar-refractivity contribution in [3.05, 3.63) is 35.6 Å². The molecule has 1 aromatic carbocycles. The molecule has 3 N–H and O–H groups in total. The van der Waals surface area contributed by atoms with Gasteiger partial charge >= 0.3 is 6.01 Å². The van der Waals surface area contributed by atoms with Crippen LogP contribution in [-0.2, 0) is 9.47 Å². The third-order valence-electron chi connectivity index (χ3n) is 2.70. The summed E-state index contributed by atoms with van der Waals surface area (Å²) in [5.74, 6) is 0.940.